The molecule has 2 aliphatic heterocycles. The van der Waals surface area contributed by atoms with Crippen molar-refractivity contribution in [3.05, 3.63) is 0 Å². The molecule has 0 bridgehead atoms. The van der Waals surface area contributed by atoms with E-state index in [1.54, 1.807) is 0 Å². The highest BCUT2D eigenvalue weighted by atomic mass is 16.2. The average Bonchev–Trinajstić information content (AvgIpc) is 2.11. The van der Waals surface area contributed by atoms with Gasteiger partial charge >= 0.3 is 0 Å². The second-order valence-corrected chi connectivity index (χ2v) is 6.74. The van der Waals surface area contributed by atoms with Crippen molar-refractivity contribution >= 4 is 5.91 Å². The minimum absolute atomic E-state index is 0.157. The normalized spacial score (nSPS) is 23.1. The van der Waals surface area contributed by atoms with E-state index in [0.29, 0.717) is 11.3 Å². The molecule has 2 saturated heterocycles. The van der Waals surface area contributed by atoms with E-state index < -0.39 is 0 Å². The molecule has 17 heavy (non-hydrogen) atoms. The molecule has 0 aliphatic carbocycles. The third kappa shape index (κ3) is 2.65. The van der Waals surface area contributed by atoms with E-state index in [0.717, 1.165) is 19.0 Å². The minimum atomic E-state index is 0.157. The van der Waals surface area contributed by atoms with Crippen LogP contribution in [0.1, 0.15) is 34.1 Å². The van der Waals surface area contributed by atoms with Gasteiger partial charge < -0.3 is 9.80 Å². The molecule has 1 spiro atoms. The van der Waals surface area contributed by atoms with Crippen LogP contribution in [0.3, 0.4) is 0 Å². The van der Waals surface area contributed by atoms with Crippen molar-refractivity contribution in [2.24, 2.45) is 17.3 Å². The first-order chi connectivity index (χ1) is 7.92. The molecule has 3 heteroatoms. The van der Waals surface area contributed by atoms with Crippen LogP contribution in [-0.4, -0.2) is 48.4 Å². The Bertz CT molecular complexity index is 285. The van der Waals surface area contributed by atoms with Crippen molar-refractivity contribution in [3.63, 3.8) is 0 Å². The Balaban J connectivity index is 1.67. The van der Waals surface area contributed by atoms with Crippen LogP contribution in [0.4, 0.5) is 0 Å². The van der Waals surface area contributed by atoms with Crippen LogP contribution in [0.2, 0.25) is 0 Å². The lowest BCUT2D eigenvalue weighted by Crippen LogP contribution is -2.73. The van der Waals surface area contributed by atoms with Gasteiger partial charge in [0, 0.05) is 37.5 Å². The van der Waals surface area contributed by atoms with Crippen molar-refractivity contribution < 1.29 is 4.79 Å². The van der Waals surface area contributed by atoms with E-state index >= 15 is 0 Å². The van der Waals surface area contributed by atoms with Crippen LogP contribution >= 0.6 is 0 Å². The summed E-state index contributed by atoms with van der Waals surface area (Å²) >= 11 is 0. The third-order valence-corrected chi connectivity index (χ3v) is 4.00. The number of carbonyl (C=O) groups excluding carboxylic acids is 1. The number of hydrogen-bond acceptors (Lipinski definition) is 2. The zero-order valence-electron chi connectivity index (χ0n) is 11.7. The maximum Gasteiger partial charge on any atom is 0.225 e. The highest BCUT2D eigenvalue weighted by Gasteiger charge is 2.52. The van der Waals surface area contributed by atoms with E-state index in [1.165, 1.54) is 26.1 Å². The molecule has 0 saturated carbocycles. The van der Waals surface area contributed by atoms with Crippen LogP contribution in [0.25, 0.3) is 0 Å². The molecular formula is C14H26N2O. The van der Waals surface area contributed by atoms with Crippen molar-refractivity contribution in [1.82, 2.24) is 9.80 Å². The maximum atomic E-state index is 11.8. The molecule has 2 fully saturated rings. The van der Waals surface area contributed by atoms with Gasteiger partial charge in [-0.05, 0) is 18.9 Å². The van der Waals surface area contributed by atoms with E-state index in [1.807, 2.05) is 18.7 Å². The fourth-order valence-electron chi connectivity index (χ4n) is 2.99. The van der Waals surface area contributed by atoms with Crippen LogP contribution in [0.15, 0.2) is 0 Å². The van der Waals surface area contributed by atoms with Gasteiger partial charge in [0.25, 0.3) is 0 Å². The summed E-state index contributed by atoms with van der Waals surface area (Å²) < 4.78 is 0. The van der Waals surface area contributed by atoms with Gasteiger partial charge in [-0.25, -0.2) is 0 Å². The lowest BCUT2D eigenvalue weighted by atomic mass is 9.72. The third-order valence-electron chi connectivity index (χ3n) is 4.00. The Morgan fingerprint density at radius 1 is 1.12 bits per heavy atom. The van der Waals surface area contributed by atoms with Gasteiger partial charge in [-0.15, -0.1) is 0 Å². The van der Waals surface area contributed by atoms with Gasteiger partial charge in [-0.2, -0.15) is 0 Å². The summed E-state index contributed by atoms with van der Waals surface area (Å²) in [7, 11) is 0. The lowest BCUT2D eigenvalue weighted by Gasteiger charge is -2.60. The van der Waals surface area contributed by atoms with Crippen LogP contribution in [0, 0.1) is 17.3 Å². The predicted molar refractivity (Wildman–Crippen MR) is 69.7 cm³/mol. The second kappa shape index (κ2) is 4.60. The molecule has 3 nitrogen and oxygen atoms in total. The Morgan fingerprint density at radius 2 is 1.71 bits per heavy atom. The van der Waals surface area contributed by atoms with Crippen molar-refractivity contribution in [2.45, 2.75) is 34.1 Å². The molecule has 0 aromatic rings. The Morgan fingerprint density at radius 3 is 2.18 bits per heavy atom. The second-order valence-electron chi connectivity index (χ2n) is 6.74. The summed E-state index contributed by atoms with van der Waals surface area (Å²) in [6, 6.07) is 0. The molecule has 0 unspecified atom stereocenters. The van der Waals surface area contributed by atoms with Gasteiger partial charge in [-0.1, -0.05) is 27.7 Å². The molecule has 0 aromatic heterocycles. The SMILES string of the molecule is CC(C)CCN1CC2(C1)CN(C(=O)C(C)C)C2. The maximum absolute atomic E-state index is 11.8. The molecule has 0 radical (unpaired) electrons. The lowest BCUT2D eigenvalue weighted by molar-refractivity contribution is -0.162. The van der Waals surface area contributed by atoms with Crippen molar-refractivity contribution in [3.8, 4) is 0 Å². The molecule has 0 N–H and O–H groups in total. The Hall–Kier alpha value is -0.570. The zero-order chi connectivity index (χ0) is 12.6. The highest BCUT2D eigenvalue weighted by molar-refractivity contribution is 5.79. The number of amides is 1. The summed E-state index contributed by atoms with van der Waals surface area (Å²) in [5.74, 6) is 1.28. The van der Waals surface area contributed by atoms with Crippen LogP contribution < -0.4 is 0 Å². The fraction of sp³-hybridized carbons (Fsp3) is 0.929. The van der Waals surface area contributed by atoms with E-state index in [-0.39, 0.29) is 5.92 Å². The molecule has 2 rings (SSSR count). The first-order valence-corrected chi connectivity index (χ1v) is 6.93. The van der Waals surface area contributed by atoms with Crippen LogP contribution in [0.5, 0.6) is 0 Å². The molecule has 1 amide bonds. The molecule has 2 aliphatic rings. The Labute approximate surface area is 105 Å². The topological polar surface area (TPSA) is 23.6 Å². The van der Waals surface area contributed by atoms with Gasteiger partial charge in [0.2, 0.25) is 5.91 Å². The average molecular weight is 238 g/mol. The van der Waals surface area contributed by atoms with Gasteiger partial charge in [0.1, 0.15) is 0 Å². The number of nitrogens with zero attached hydrogens (tertiary/aromatic N) is 2. The summed E-state index contributed by atoms with van der Waals surface area (Å²) in [4.78, 5) is 16.3. The monoisotopic (exact) mass is 238 g/mol. The number of hydrogen-bond donors (Lipinski definition) is 0. The van der Waals surface area contributed by atoms with E-state index in [4.69, 9.17) is 0 Å². The standard InChI is InChI=1S/C14H26N2O/c1-11(2)5-6-15-7-14(8-15)9-16(10-14)13(17)12(3)4/h11-12H,5-10H2,1-4H3. The van der Waals surface area contributed by atoms with E-state index in [9.17, 15) is 4.79 Å². The van der Waals surface area contributed by atoms with Crippen molar-refractivity contribution in [1.29, 1.82) is 0 Å². The first kappa shape index (κ1) is 12.9. The van der Waals surface area contributed by atoms with Crippen molar-refractivity contribution in [2.75, 3.05) is 32.7 Å². The van der Waals surface area contributed by atoms with Gasteiger partial charge in [0.15, 0.2) is 0 Å². The zero-order valence-corrected chi connectivity index (χ0v) is 11.7. The minimum Gasteiger partial charge on any atom is -0.341 e. The molecule has 98 valence electrons. The van der Waals surface area contributed by atoms with Gasteiger partial charge in [0.05, 0.1) is 0 Å². The number of carbonyl (C=O) groups is 1. The summed E-state index contributed by atoms with van der Waals surface area (Å²) in [5, 5.41) is 0. The molecule has 0 aromatic carbocycles. The molecule has 0 atom stereocenters. The number of likely N-dealkylation sites (tertiary alicyclic amines) is 2. The number of rotatable bonds is 4. The van der Waals surface area contributed by atoms with Crippen LogP contribution in [-0.2, 0) is 4.79 Å². The first-order valence-electron chi connectivity index (χ1n) is 6.93. The summed E-state index contributed by atoms with van der Waals surface area (Å²) in [5.41, 5.74) is 0.474. The largest absolute Gasteiger partial charge is 0.341 e. The predicted octanol–water partition coefficient (Wildman–Crippen LogP) is 1.83. The summed E-state index contributed by atoms with van der Waals surface area (Å²) in [6.45, 7) is 14.2. The molecular weight excluding hydrogens is 212 g/mol. The Kier molecular flexibility index (Phi) is 3.48. The fourth-order valence-corrected chi connectivity index (χ4v) is 2.99. The summed E-state index contributed by atoms with van der Waals surface area (Å²) in [6.07, 6.45) is 1.30. The van der Waals surface area contributed by atoms with E-state index in [2.05, 4.69) is 18.7 Å². The smallest absolute Gasteiger partial charge is 0.225 e. The quantitative estimate of drug-likeness (QED) is 0.746. The van der Waals surface area contributed by atoms with Gasteiger partial charge in [-0.3, -0.25) is 4.79 Å². The molecule has 2 heterocycles. The highest BCUT2D eigenvalue weighted by Crippen LogP contribution is 2.40.